The molecule has 0 unspecified atom stereocenters. The summed E-state index contributed by atoms with van der Waals surface area (Å²) < 4.78 is 29.9. The van der Waals surface area contributed by atoms with Gasteiger partial charge in [0.2, 0.25) is 0 Å². The third kappa shape index (κ3) is 2.49. The summed E-state index contributed by atoms with van der Waals surface area (Å²) in [5.41, 5.74) is -0.498. The summed E-state index contributed by atoms with van der Waals surface area (Å²) in [6.45, 7) is 0. The summed E-state index contributed by atoms with van der Waals surface area (Å²) in [4.78, 5) is 15.0. The highest BCUT2D eigenvalue weighted by Crippen LogP contribution is 2.32. The normalized spacial score (nSPS) is 10.6. The van der Waals surface area contributed by atoms with Crippen LogP contribution in [0.15, 0.2) is 6.20 Å². The zero-order valence-electron chi connectivity index (χ0n) is 8.14. The van der Waals surface area contributed by atoms with Crippen LogP contribution in [0.2, 0.25) is 5.02 Å². The average Bonchev–Trinajstić information content (AvgIpc) is 2.26. The molecule has 1 aromatic heterocycles. The molecule has 16 heavy (non-hydrogen) atoms. The summed E-state index contributed by atoms with van der Waals surface area (Å²) in [6.07, 6.45) is -1.76. The monoisotopic (exact) mass is 313 g/mol. The number of carbonyl (C=O) groups excluding carboxylic acids is 1. The van der Waals surface area contributed by atoms with Crippen LogP contribution in [0.1, 0.15) is 28.0 Å². The summed E-state index contributed by atoms with van der Waals surface area (Å²) in [5, 5.41) is -0.123. The zero-order chi connectivity index (χ0) is 12.3. The summed E-state index contributed by atoms with van der Waals surface area (Å²) in [7, 11) is 1.15. The number of nitrogens with zero attached hydrogens (tertiary/aromatic N) is 1. The average molecular weight is 315 g/mol. The van der Waals surface area contributed by atoms with Gasteiger partial charge in [0.15, 0.2) is 5.69 Å². The predicted molar refractivity (Wildman–Crippen MR) is 58.2 cm³/mol. The fourth-order valence-corrected chi connectivity index (χ4v) is 2.00. The molecule has 0 aromatic carbocycles. The number of esters is 1. The zero-order valence-corrected chi connectivity index (χ0v) is 10.5. The SMILES string of the molecule is COC(=O)c1ncc(Cl)c(C(F)F)c1CBr. The summed E-state index contributed by atoms with van der Waals surface area (Å²) in [6, 6.07) is 0. The van der Waals surface area contributed by atoms with Gasteiger partial charge >= 0.3 is 5.97 Å². The Morgan fingerprint density at radius 2 is 2.31 bits per heavy atom. The molecule has 0 amide bonds. The quantitative estimate of drug-likeness (QED) is 0.634. The van der Waals surface area contributed by atoms with E-state index in [1.165, 1.54) is 0 Å². The lowest BCUT2D eigenvalue weighted by molar-refractivity contribution is 0.0592. The lowest BCUT2D eigenvalue weighted by Gasteiger charge is -2.11. The molecule has 1 aromatic rings. The number of halogens is 4. The molecule has 0 spiro atoms. The third-order valence-corrected chi connectivity index (χ3v) is 2.77. The molecule has 1 heterocycles. The topological polar surface area (TPSA) is 39.2 Å². The van der Waals surface area contributed by atoms with Gasteiger partial charge in [-0.1, -0.05) is 27.5 Å². The Labute approximate surface area is 104 Å². The van der Waals surface area contributed by atoms with Crippen molar-refractivity contribution in [3.05, 3.63) is 28.0 Å². The number of alkyl halides is 3. The lowest BCUT2D eigenvalue weighted by atomic mass is 10.1. The van der Waals surface area contributed by atoms with Crippen LogP contribution in [-0.4, -0.2) is 18.1 Å². The maximum Gasteiger partial charge on any atom is 0.356 e. The van der Waals surface area contributed by atoms with E-state index in [0.29, 0.717) is 0 Å². The highest BCUT2D eigenvalue weighted by molar-refractivity contribution is 9.08. The minimum absolute atomic E-state index is 0.0463. The standard InChI is InChI=1S/C9H7BrClF2NO2/c1-16-9(15)7-4(2-10)6(8(12)13)5(11)3-14-7/h3,8H,2H2,1H3. The Morgan fingerprint density at radius 1 is 1.69 bits per heavy atom. The van der Waals surface area contributed by atoms with Gasteiger partial charge in [0, 0.05) is 22.7 Å². The Morgan fingerprint density at radius 3 is 2.75 bits per heavy atom. The van der Waals surface area contributed by atoms with E-state index in [9.17, 15) is 13.6 Å². The molecule has 0 N–H and O–H groups in total. The van der Waals surface area contributed by atoms with Gasteiger partial charge in [-0.05, 0) is 0 Å². The number of pyridine rings is 1. The van der Waals surface area contributed by atoms with Crippen LogP contribution in [0.3, 0.4) is 0 Å². The molecule has 0 saturated heterocycles. The van der Waals surface area contributed by atoms with Crippen LogP contribution in [-0.2, 0) is 10.1 Å². The summed E-state index contributed by atoms with van der Waals surface area (Å²) in [5.74, 6) is -0.770. The first-order chi connectivity index (χ1) is 7.52. The largest absolute Gasteiger partial charge is 0.464 e. The third-order valence-electron chi connectivity index (χ3n) is 1.91. The van der Waals surface area contributed by atoms with Crippen LogP contribution in [0.25, 0.3) is 0 Å². The molecule has 0 radical (unpaired) electrons. The number of rotatable bonds is 3. The molecule has 0 bridgehead atoms. The van der Waals surface area contributed by atoms with Gasteiger partial charge in [0.25, 0.3) is 6.43 Å². The molecule has 0 aliphatic rings. The van der Waals surface area contributed by atoms with E-state index >= 15 is 0 Å². The number of methoxy groups -OCH3 is 1. The molecule has 3 nitrogen and oxygen atoms in total. The van der Waals surface area contributed by atoms with E-state index in [4.69, 9.17) is 11.6 Å². The van der Waals surface area contributed by atoms with Crippen molar-refractivity contribution in [3.63, 3.8) is 0 Å². The van der Waals surface area contributed by atoms with Gasteiger partial charge in [-0.15, -0.1) is 0 Å². The van der Waals surface area contributed by atoms with Crippen molar-refractivity contribution in [1.82, 2.24) is 4.98 Å². The van der Waals surface area contributed by atoms with Crippen molar-refractivity contribution in [2.75, 3.05) is 7.11 Å². The Hall–Kier alpha value is -0.750. The number of ether oxygens (including phenoxy) is 1. The van der Waals surface area contributed by atoms with E-state index in [-0.39, 0.29) is 21.6 Å². The summed E-state index contributed by atoms with van der Waals surface area (Å²) >= 11 is 8.63. The number of hydrogen-bond acceptors (Lipinski definition) is 3. The maximum atomic E-state index is 12.7. The molecule has 88 valence electrons. The molecule has 7 heteroatoms. The molecular weight excluding hydrogens is 307 g/mol. The molecule has 0 aliphatic heterocycles. The molecule has 0 fully saturated rings. The Bertz CT molecular complexity index is 415. The van der Waals surface area contributed by atoms with E-state index in [0.717, 1.165) is 13.3 Å². The first kappa shape index (κ1) is 13.3. The minimum Gasteiger partial charge on any atom is -0.464 e. The number of aromatic nitrogens is 1. The highest BCUT2D eigenvalue weighted by atomic mass is 79.9. The van der Waals surface area contributed by atoms with Crippen molar-refractivity contribution >= 4 is 33.5 Å². The molecule has 1 rings (SSSR count). The number of hydrogen-bond donors (Lipinski definition) is 0. The van der Waals surface area contributed by atoms with E-state index < -0.39 is 18.0 Å². The van der Waals surface area contributed by atoms with Gasteiger partial charge in [-0.3, -0.25) is 0 Å². The minimum atomic E-state index is -2.77. The van der Waals surface area contributed by atoms with Gasteiger partial charge in [0.1, 0.15) is 0 Å². The van der Waals surface area contributed by atoms with Crippen LogP contribution in [0, 0.1) is 0 Å². The second-order valence-corrected chi connectivity index (χ2v) is 3.74. The fraction of sp³-hybridized carbons (Fsp3) is 0.333. The molecule has 0 aliphatic carbocycles. The maximum absolute atomic E-state index is 12.7. The van der Waals surface area contributed by atoms with Crippen LogP contribution < -0.4 is 0 Å². The van der Waals surface area contributed by atoms with Crippen molar-refractivity contribution in [3.8, 4) is 0 Å². The van der Waals surface area contributed by atoms with E-state index in [2.05, 4.69) is 25.7 Å². The van der Waals surface area contributed by atoms with Crippen molar-refractivity contribution < 1.29 is 18.3 Å². The molecular formula is C9H7BrClF2NO2. The van der Waals surface area contributed by atoms with E-state index in [1.807, 2.05) is 0 Å². The smallest absolute Gasteiger partial charge is 0.356 e. The lowest BCUT2D eigenvalue weighted by Crippen LogP contribution is -2.11. The Kier molecular flexibility index (Phi) is 4.61. The van der Waals surface area contributed by atoms with Crippen LogP contribution >= 0.6 is 27.5 Å². The van der Waals surface area contributed by atoms with Gasteiger partial charge in [-0.2, -0.15) is 0 Å². The Balaban J connectivity index is 3.42. The van der Waals surface area contributed by atoms with Crippen LogP contribution in [0.4, 0.5) is 8.78 Å². The second kappa shape index (κ2) is 5.54. The predicted octanol–water partition coefficient (Wildman–Crippen LogP) is 3.35. The van der Waals surface area contributed by atoms with Crippen molar-refractivity contribution in [1.29, 1.82) is 0 Å². The fourth-order valence-electron chi connectivity index (χ4n) is 1.18. The highest BCUT2D eigenvalue weighted by Gasteiger charge is 2.24. The molecule has 0 saturated carbocycles. The first-order valence-electron chi connectivity index (χ1n) is 4.12. The van der Waals surface area contributed by atoms with Crippen molar-refractivity contribution in [2.45, 2.75) is 11.8 Å². The number of carbonyl (C=O) groups is 1. The van der Waals surface area contributed by atoms with Crippen LogP contribution in [0.5, 0.6) is 0 Å². The van der Waals surface area contributed by atoms with Gasteiger partial charge in [-0.25, -0.2) is 18.6 Å². The molecule has 0 atom stereocenters. The second-order valence-electron chi connectivity index (χ2n) is 2.77. The van der Waals surface area contributed by atoms with Gasteiger partial charge < -0.3 is 4.74 Å². The van der Waals surface area contributed by atoms with Crippen molar-refractivity contribution in [2.24, 2.45) is 0 Å². The van der Waals surface area contributed by atoms with E-state index in [1.54, 1.807) is 0 Å². The van der Waals surface area contributed by atoms with Gasteiger partial charge in [0.05, 0.1) is 12.1 Å². The first-order valence-corrected chi connectivity index (χ1v) is 5.62.